The average molecular weight is 560 g/mol. The van der Waals surface area contributed by atoms with Crippen LogP contribution in [0.25, 0.3) is 10.9 Å². The molecule has 5 unspecified atom stereocenters. The zero-order valence-corrected chi connectivity index (χ0v) is 23.4. The van der Waals surface area contributed by atoms with Gasteiger partial charge >= 0.3 is 11.9 Å². The third-order valence-corrected chi connectivity index (χ3v) is 6.85. The number of aromatic nitrogens is 1. The van der Waals surface area contributed by atoms with Crippen molar-refractivity contribution in [2.45, 2.75) is 84.0 Å². The van der Waals surface area contributed by atoms with Crippen LogP contribution in [-0.2, 0) is 30.4 Å². The van der Waals surface area contributed by atoms with Crippen LogP contribution >= 0.6 is 0 Å². The lowest BCUT2D eigenvalue weighted by Gasteiger charge is -2.26. The fraction of sp³-hybridized carbons (Fsp3) is 0.536. The third kappa shape index (κ3) is 9.37. The summed E-state index contributed by atoms with van der Waals surface area (Å²) in [6.45, 7) is 7.28. The Morgan fingerprint density at radius 2 is 1.55 bits per heavy atom. The lowest BCUT2D eigenvalue weighted by Crippen LogP contribution is -2.58. The van der Waals surface area contributed by atoms with E-state index < -0.39 is 60.2 Å². The molecule has 1 aromatic heterocycles. The van der Waals surface area contributed by atoms with Crippen molar-refractivity contribution in [3.8, 4) is 0 Å². The Morgan fingerprint density at radius 1 is 0.925 bits per heavy atom. The quantitative estimate of drug-likeness (QED) is 0.160. The van der Waals surface area contributed by atoms with E-state index in [2.05, 4.69) is 20.9 Å². The Kier molecular flexibility index (Phi) is 12.1. The van der Waals surface area contributed by atoms with Gasteiger partial charge in [-0.3, -0.25) is 19.2 Å². The molecule has 1 aromatic carbocycles. The predicted octanol–water partition coefficient (Wildman–Crippen LogP) is 1.53. The number of hydrogen-bond acceptors (Lipinski definition) is 6. The standard InChI is InChI=1S/C28H41N5O7/c1-5-16(4)24(28(39)40)33-27(38)22(13-17-14-30-20-9-7-6-8-18(17)20)32-26(37)21(10-11-23(34)35)31-25(36)19(29)12-15(2)3/h6-9,14-16,19,21-22,24,30H,5,10-13,29H2,1-4H3,(H,31,36)(H,32,37)(H,33,38)(H,34,35)(H,39,40). The first-order valence-corrected chi connectivity index (χ1v) is 13.5. The number of H-pyrrole nitrogens is 1. The molecule has 0 saturated heterocycles. The van der Waals surface area contributed by atoms with Gasteiger partial charge in [0.05, 0.1) is 6.04 Å². The van der Waals surface area contributed by atoms with E-state index >= 15 is 0 Å². The zero-order valence-electron chi connectivity index (χ0n) is 23.4. The first-order valence-electron chi connectivity index (χ1n) is 13.5. The smallest absolute Gasteiger partial charge is 0.326 e. The van der Waals surface area contributed by atoms with Crippen molar-refractivity contribution >= 4 is 40.6 Å². The summed E-state index contributed by atoms with van der Waals surface area (Å²) in [4.78, 5) is 65.7. The van der Waals surface area contributed by atoms with Crippen molar-refractivity contribution in [2.75, 3.05) is 0 Å². The Morgan fingerprint density at radius 3 is 2.15 bits per heavy atom. The van der Waals surface area contributed by atoms with Gasteiger partial charge in [-0.05, 0) is 36.3 Å². The zero-order chi connectivity index (χ0) is 30.0. The number of carboxylic acid groups (broad SMARTS) is 2. The van der Waals surface area contributed by atoms with E-state index in [1.165, 1.54) is 0 Å². The number of nitrogens with two attached hydrogens (primary N) is 1. The van der Waals surface area contributed by atoms with Gasteiger partial charge in [-0.25, -0.2) is 4.79 Å². The van der Waals surface area contributed by atoms with E-state index in [0.29, 0.717) is 18.4 Å². The van der Waals surface area contributed by atoms with Crippen molar-refractivity contribution < 1.29 is 34.2 Å². The minimum absolute atomic E-state index is 0.0148. The van der Waals surface area contributed by atoms with Gasteiger partial charge in [0.1, 0.15) is 18.1 Å². The number of amides is 3. The summed E-state index contributed by atoms with van der Waals surface area (Å²) in [5.74, 6) is -4.73. The second-order valence-corrected chi connectivity index (χ2v) is 10.6. The van der Waals surface area contributed by atoms with E-state index in [0.717, 1.165) is 10.9 Å². The topological polar surface area (TPSA) is 204 Å². The molecular formula is C28H41N5O7. The van der Waals surface area contributed by atoms with Crippen LogP contribution in [-0.4, -0.2) is 69.0 Å². The molecule has 0 saturated carbocycles. The van der Waals surface area contributed by atoms with Crippen LogP contribution < -0.4 is 21.7 Å². The summed E-state index contributed by atoms with van der Waals surface area (Å²) < 4.78 is 0. The Hall–Kier alpha value is -3.93. The van der Waals surface area contributed by atoms with Crippen molar-refractivity contribution in [3.05, 3.63) is 36.0 Å². The fourth-order valence-corrected chi connectivity index (χ4v) is 4.37. The van der Waals surface area contributed by atoms with Gasteiger partial charge in [0, 0.05) is 29.9 Å². The molecule has 0 radical (unpaired) electrons. The van der Waals surface area contributed by atoms with Crippen LogP contribution in [0, 0.1) is 11.8 Å². The number of hydrogen-bond donors (Lipinski definition) is 7. The number of carbonyl (C=O) groups excluding carboxylic acids is 3. The number of fused-ring (bicyclic) bond motifs is 1. The van der Waals surface area contributed by atoms with Crippen LogP contribution in [0.4, 0.5) is 0 Å². The molecule has 0 aliphatic rings. The predicted molar refractivity (Wildman–Crippen MR) is 149 cm³/mol. The van der Waals surface area contributed by atoms with Crippen LogP contribution in [0.2, 0.25) is 0 Å². The summed E-state index contributed by atoms with van der Waals surface area (Å²) in [6, 6.07) is 2.80. The Labute approximate surface area is 233 Å². The van der Waals surface area contributed by atoms with Crippen molar-refractivity contribution in [1.29, 1.82) is 0 Å². The number of benzene rings is 1. The molecular weight excluding hydrogens is 518 g/mol. The van der Waals surface area contributed by atoms with Crippen LogP contribution in [0.1, 0.15) is 58.9 Å². The van der Waals surface area contributed by atoms with Gasteiger partial charge in [-0.15, -0.1) is 0 Å². The molecule has 0 bridgehead atoms. The molecule has 0 aliphatic heterocycles. The van der Waals surface area contributed by atoms with Crippen LogP contribution in [0.3, 0.4) is 0 Å². The molecule has 0 fully saturated rings. The van der Waals surface area contributed by atoms with Crippen molar-refractivity contribution in [1.82, 2.24) is 20.9 Å². The van der Waals surface area contributed by atoms with Crippen LogP contribution in [0.5, 0.6) is 0 Å². The van der Waals surface area contributed by atoms with Crippen molar-refractivity contribution in [2.24, 2.45) is 17.6 Å². The largest absolute Gasteiger partial charge is 0.481 e. The van der Waals surface area contributed by atoms with Gasteiger partial charge in [0.2, 0.25) is 17.7 Å². The highest BCUT2D eigenvalue weighted by Crippen LogP contribution is 2.20. The number of rotatable bonds is 16. The average Bonchev–Trinajstić information content (AvgIpc) is 3.30. The molecule has 0 aliphatic carbocycles. The van der Waals surface area contributed by atoms with Gasteiger partial charge in [0.15, 0.2) is 0 Å². The minimum Gasteiger partial charge on any atom is -0.481 e. The maximum atomic E-state index is 13.4. The minimum atomic E-state index is -1.27. The summed E-state index contributed by atoms with van der Waals surface area (Å²) in [7, 11) is 0. The summed E-state index contributed by atoms with van der Waals surface area (Å²) in [5, 5.41) is 27.4. The Bertz CT molecular complexity index is 1190. The second-order valence-electron chi connectivity index (χ2n) is 10.6. The molecule has 12 nitrogen and oxygen atoms in total. The highest BCUT2D eigenvalue weighted by atomic mass is 16.4. The number of nitrogens with one attached hydrogen (secondary N) is 4. The number of aromatic amines is 1. The third-order valence-electron chi connectivity index (χ3n) is 6.85. The summed E-state index contributed by atoms with van der Waals surface area (Å²) >= 11 is 0. The van der Waals surface area contributed by atoms with E-state index in [1.807, 2.05) is 38.1 Å². The summed E-state index contributed by atoms with van der Waals surface area (Å²) in [6.07, 6.45) is 1.93. The second kappa shape index (κ2) is 15.0. The molecule has 2 rings (SSSR count). The normalized spacial score (nSPS) is 15.1. The monoisotopic (exact) mass is 559 g/mol. The van der Waals surface area contributed by atoms with E-state index in [-0.39, 0.29) is 24.7 Å². The number of aliphatic carboxylic acids is 2. The number of para-hydroxylation sites is 1. The maximum absolute atomic E-state index is 13.4. The number of carboxylic acids is 2. The van der Waals surface area contributed by atoms with Gasteiger partial charge in [-0.1, -0.05) is 52.3 Å². The Balaban J connectivity index is 2.35. The van der Waals surface area contributed by atoms with E-state index in [4.69, 9.17) is 5.73 Å². The van der Waals surface area contributed by atoms with Gasteiger partial charge in [-0.2, -0.15) is 0 Å². The highest BCUT2D eigenvalue weighted by molar-refractivity contribution is 5.95. The van der Waals surface area contributed by atoms with Gasteiger partial charge in [0.25, 0.3) is 0 Å². The lowest BCUT2D eigenvalue weighted by molar-refractivity contribution is -0.143. The molecule has 3 amide bonds. The van der Waals surface area contributed by atoms with Gasteiger partial charge < -0.3 is 36.9 Å². The first kappa shape index (κ1) is 32.3. The fourth-order valence-electron chi connectivity index (χ4n) is 4.37. The molecule has 12 heteroatoms. The summed E-state index contributed by atoms with van der Waals surface area (Å²) in [5.41, 5.74) is 7.48. The van der Waals surface area contributed by atoms with E-state index in [1.54, 1.807) is 20.0 Å². The molecule has 220 valence electrons. The first-order chi connectivity index (χ1) is 18.8. The molecule has 5 atom stereocenters. The van der Waals surface area contributed by atoms with E-state index in [9.17, 15) is 34.2 Å². The maximum Gasteiger partial charge on any atom is 0.326 e. The molecule has 1 heterocycles. The molecule has 40 heavy (non-hydrogen) atoms. The SMILES string of the molecule is CCC(C)C(NC(=O)C(Cc1c[nH]c2ccccc12)NC(=O)C(CCC(=O)O)NC(=O)C(N)CC(C)C)C(=O)O. The van der Waals surface area contributed by atoms with Crippen molar-refractivity contribution in [3.63, 3.8) is 0 Å². The molecule has 2 aromatic rings. The molecule has 8 N–H and O–H groups in total. The number of carbonyl (C=O) groups is 5. The lowest BCUT2D eigenvalue weighted by atomic mass is 9.97. The van der Waals surface area contributed by atoms with Crippen LogP contribution in [0.15, 0.2) is 30.5 Å². The highest BCUT2D eigenvalue weighted by Gasteiger charge is 2.32. The molecule has 0 spiro atoms.